The Balaban J connectivity index is 1.50. The molecule has 0 unspecified atom stereocenters. The largest absolute Gasteiger partial charge is 0.490 e. The van der Waals surface area contributed by atoms with E-state index in [0.29, 0.717) is 12.5 Å². The van der Waals surface area contributed by atoms with E-state index in [2.05, 4.69) is 18.8 Å². The molecule has 0 N–H and O–H groups in total. The van der Waals surface area contributed by atoms with Gasteiger partial charge >= 0.3 is 0 Å². The van der Waals surface area contributed by atoms with Crippen molar-refractivity contribution in [2.75, 3.05) is 6.61 Å². The molecule has 0 aromatic heterocycles. The average Bonchev–Trinajstić information content (AvgIpc) is 2.75. The van der Waals surface area contributed by atoms with Crippen molar-refractivity contribution in [3.63, 3.8) is 0 Å². The van der Waals surface area contributed by atoms with Crippen LogP contribution in [-0.2, 0) is 0 Å². The molecule has 2 aliphatic rings. The molecule has 0 atom stereocenters. The fraction of sp³-hybridized carbons (Fsp3) is 0.692. The zero-order valence-electron chi connectivity index (χ0n) is 18.1. The van der Waals surface area contributed by atoms with Crippen LogP contribution in [0.5, 0.6) is 5.75 Å². The number of halogens is 2. The molecule has 0 saturated heterocycles. The smallest absolute Gasteiger partial charge is 0.201 e. The van der Waals surface area contributed by atoms with Gasteiger partial charge in [-0.2, -0.15) is 4.39 Å². The van der Waals surface area contributed by atoms with Crippen molar-refractivity contribution in [2.24, 2.45) is 23.7 Å². The quantitative estimate of drug-likeness (QED) is 0.447. The highest BCUT2D eigenvalue weighted by atomic mass is 19.2. The average molecular weight is 403 g/mol. The van der Waals surface area contributed by atoms with Crippen molar-refractivity contribution in [3.05, 3.63) is 29.3 Å². The molecular weight excluding hydrogens is 366 g/mol. The maximum absolute atomic E-state index is 14.3. The molecule has 0 spiro atoms. The summed E-state index contributed by atoms with van der Waals surface area (Å²) in [6.45, 7) is 4.61. The molecular formula is C26H36F2O. The number of rotatable bonds is 6. The molecule has 1 aromatic rings. The van der Waals surface area contributed by atoms with Gasteiger partial charge in [0, 0.05) is 5.92 Å². The molecule has 1 nitrogen and oxygen atoms in total. The summed E-state index contributed by atoms with van der Waals surface area (Å²) in [4.78, 5) is 0. The van der Waals surface area contributed by atoms with Crippen molar-refractivity contribution >= 4 is 0 Å². The predicted octanol–water partition coefficient (Wildman–Crippen LogP) is 7.52. The van der Waals surface area contributed by atoms with Gasteiger partial charge in [-0.05, 0) is 74.8 Å². The summed E-state index contributed by atoms with van der Waals surface area (Å²) in [7, 11) is 0. The summed E-state index contributed by atoms with van der Waals surface area (Å²) in [5, 5.41) is 0. The molecule has 0 bridgehead atoms. The fourth-order valence-corrected chi connectivity index (χ4v) is 5.22. The van der Waals surface area contributed by atoms with Gasteiger partial charge in [0.1, 0.15) is 0 Å². The van der Waals surface area contributed by atoms with Gasteiger partial charge in [0.15, 0.2) is 11.6 Å². The topological polar surface area (TPSA) is 9.23 Å². The molecule has 0 amide bonds. The molecule has 0 aliphatic heterocycles. The van der Waals surface area contributed by atoms with Crippen LogP contribution < -0.4 is 4.74 Å². The van der Waals surface area contributed by atoms with Crippen LogP contribution in [0.15, 0.2) is 12.1 Å². The monoisotopic (exact) mass is 402 g/mol. The van der Waals surface area contributed by atoms with Crippen LogP contribution in [0.2, 0.25) is 0 Å². The summed E-state index contributed by atoms with van der Waals surface area (Å²) in [6.07, 6.45) is 13.8. The zero-order chi connectivity index (χ0) is 20.6. The molecule has 29 heavy (non-hydrogen) atoms. The summed E-state index contributed by atoms with van der Waals surface area (Å²) >= 11 is 0. The number of ether oxygens (including phenoxy) is 1. The van der Waals surface area contributed by atoms with Crippen LogP contribution in [0.4, 0.5) is 8.78 Å². The number of hydrogen-bond donors (Lipinski definition) is 0. The summed E-state index contributed by atoms with van der Waals surface area (Å²) in [6, 6.07) is 3.03. The van der Waals surface area contributed by atoms with E-state index in [0.717, 1.165) is 37.0 Å². The van der Waals surface area contributed by atoms with Crippen LogP contribution in [0.3, 0.4) is 0 Å². The van der Waals surface area contributed by atoms with Gasteiger partial charge in [-0.15, -0.1) is 0 Å². The molecule has 160 valence electrons. The normalized spacial score (nSPS) is 27.2. The molecule has 3 heteroatoms. The van der Waals surface area contributed by atoms with E-state index in [4.69, 9.17) is 4.74 Å². The van der Waals surface area contributed by atoms with Crippen molar-refractivity contribution in [3.8, 4) is 17.6 Å². The van der Waals surface area contributed by atoms with E-state index in [1.165, 1.54) is 63.5 Å². The Bertz CT molecular complexity index is 701. The van der Waals surface area contributed by atoms with E-state index in [1.54, 1.807) is 0 Å². The van der Waals surface area contributed by atoms with E-state index in [9.17, 15) is 8.78 Å². The second kappa shape index (κ2) is 11.0. The van der Waals surface area contributed by atoms with Gasteiger partial charge in [-0.3, -0.25) is 0 Å². The van der Waals surface area contributed by atoms with Crippen LogP contribution >= 0.6 is 0 Å². The number of hydrogen-bond acceptors (Lipinski definition) is 1. The number of benzene rings is 1. The minimum Gasteiger partial charge on any atom is -0.490 e. The van der Waals surface area contributed by atoms with Crippen molar-refractivity contribution in [1.82, 2.24) is 0 Å². The lowest BCUT2D eigenvalue weighted by Crippen LogP contribution is -2.25. The molecule has 2 fully saturated rings. The molecule has 0 heterocycles. The highest BCUT2D eigenvalue weighted by Crippen LogP contribution is 2.42. The second-order valence-electron chi connectivity index (χ2n) is 9.04. The van der Waals surface area contributed by atoms with E-state index >= 15 is 0 Å². The van der Waals surface area contributed by atoms with Crippen LogP contribution in [0.25, 0.3) is 0 Å². The van der Waals surface area contributed by atoms with Gasteiger partial charge < -0.3 is 4.74 Å². The Morgan fingerprint density at radius 1 is 0.862 bits per heavy atom. The first-order valence-electron chi connectivity index (χ1n) is 11.7. The van der Waals surface area contributed by atoms with Crippen LogP contribution in [0, 0.1) is 47.1 Å². The Labute approximate surface area is 175 Å². The Hall–Kier alpha value is -1.56. The third-order valence-electron chi connectivity index (χ3n) is 6.95. The third-order valence-corrected chi connectivity index (χ3v) is 6.95. The Morgan fingerprint density at radius 3 is 2.14 bits per heavy atom. The van der Waals surface area contributed by atoms with Gasteiger partial charge in [0.05, 0.1) is 12.2 Å². The van der Waals surface area contributed by atoms with Crippen LogP contribution in [0.1, 0.15) is 90.0 Å². The fourth-order valence-electron chi connectivity index (χ4n) is 5.22. The molecule has 1 aromatic carbocycles. The standard InChI is InChI=1S/C26H36F2O/c1-3-5-19-6-11-21(12-7-19)22-13-8-20(9-14-22)10-15-23-16-17-24(29-18-4-2)26(28)25(23)27/h16-17,19-22H,3-9,11-14,18H2,1-2H3/t19-,20?,21-,22?. The third kappa shape index (κ3) is 5.97. The first-order valence-corrected chi connectivity index (χ1v) is 11.7. The molecule has 0 radical (unpaired) electrons. The minimum atomic E-state index is -0.923. The zero-order valence-corrected chi connectivity index (χ0v) is 18.1. The molecule has 2 saturated carbocycles. The predicted molar refractivity (Wildman–Crippen MR) is 115 cm³/mol. The Kier molecular flexibility index (Phi) is 8.40. The van der Waals surface area contributed by atoms with Crippen molar-refractivity contribution in [1.29, 1.82) is 0 Å². The maximum atomic E-state index is 14.3. The van der Waals surface area contributed by atoms with Crippen molar-refractivity contribution < 1.29 is 13.5 Å². The van der Waals surface area contributed by atoms with E-state index < -0.39 is 11.6 Å². The minimum absolute atomic E-state index is 0.0240. The second-order valence-corrected chi connectivity index (χ2v) is 9.04. The van der Waals surface area contributed by atoms with Gasteiger partial charge in [0.2, 0.25) is 5.82 Å². The first kappa shape index (κ1) is 22.1. The summed E-state index contributed by atoms with van der Waals surface area (Å²) in [5.41, 5.74) is 0.141. The Morgan fingerprint density at radius 2 is 1.52 bits per heavy atom. The van der Waals surface area contributed by atoms with Gasteiger partial charge in [-0.25, -0.2) is 4.39 Å². The highest BCUT2D eigenvalue weighted by molar-refractivity contribution is 5.41. The lowest BCUT2D eigenvalue weighted by Gasteiger charge is -2.37. The lowest BCUT2D eigenvalue weighted by atomic mass is 9.69. The summed E-state index contributed by atoms with van der Waals surface area (Å²) in [5.74, 6) is 7.31. The molecule has 3 rings (SSSR count). The van der Waals surface area contributed by atoms with E-state index in [1.807, 2.05) is 6.92 Å². The van der Waals surface area contributed by atoms with Crippen molar-refractivity contribution in [2.45, 2.75) is 84.5 Å². The lowest BCUT2D eigenvalue weighted by molar-refractivity contribution is 0.154. The summed E-state index contributed by atoms with van der Waals surface area (Å²) < 4.78 is 33.6. The van der Waals surface area contributed by atoms with Gasteiger partial charge in [0.25, 0.3) is 0 Å². The highest BCUT2D eigenvalue weighted by Gasteiger charge is 2.30. The first-order chi connectivity index (χ1) is 14.1. The molecule has 2 aliphatic carbocycles. The van der Waals surface area contributed by atoms with Gasteiger partial charge in [-0.1, -0.05) is 51.4 Å². The SMILES string of the molecule is CCCOc1ccc(C#CC2CCC([C@H]3CC[C@H](CCC)CC3)CC2)c(F)c1F. The van der Waals surface area contributed by atoms with E-state index in [-0.39, 0.29) is 11.3 Å². The maximum Gasteiger partial charge on any atom is 0.201 e. The van der Waals surface area contributed by atoms with Crippen LogP contribution in [-0.4, -0.2) is 6.61 Å².